The third-order valence-corrected chi connectivity index (χ3v) is 6.47. The van der Waals surface area contributed by atoms with Crippen LogP contribution in [0.5, 0.6) is 0 Å². The van der Waals surface area contributed by atoms with Gasteiger partial charge in [0.25, 0.3) is 0 Å². The Kier molecular flexibility index (Phi) is 5.15. The van der Waals surface area contributed by atoms with Crippen LogP contribution in [0.4, 0.5) is 5.69 Å². The Morgan fingerprint density at radius 3 is 2.57 bits per heavy atom. The summed E-state index contributed by atoms with van der Waals surface area (Å²) in [6, 6.07) is 20.8. The highest BCUT2D eigenvalue weighted by atomic mass is 35.5. The van der Waals surface area contributed by atoms with E-state index in [-0.39, 0.29) is 16.6 Å². The first-order chi connectivity index (χ1) is 13.3. The number of benzene rings is 3. The van der Waals surface area contributed by atoms with Gasteiger partial charge in [0.05, 0.1) is 11.0 Å². The molecule has 1 aliphatic heterocycles. The number of thioether (sulfide) groups is 1. The predicted molar refractivity (Wildman–Crippen MR) is 122 cm³/mol. The normalized spacial score (nSPS) is 17.5. The molecule has 1 amide bonds. The summed E-state index contributed by atoms with van der Waals surface area (Å²) < 4.78 is 0. The van der Waals surface area contributed by atoms with Gasteiger partial charge in [-0.1, -0.05) is 74.8 Å². The van der Waals surface area contributed by atoms with E-state index in [1.165, 1.54) is 16.3 Å². The van der Waals surface area contributed by atoms with Crippen LogP contribution in [0.25, 0.3) is 10.8 Å². The van der Waals surface area contributed by atoms with Gasteiger partial charge in [0.2, 0.25) is 5.91 Å². The molecule has 0 radical (unpaired) electrons. The number of rotatable bonds is 2. The largest absolute Gasteiger partial charge is 0.311 e. The quantitative estimate of drug-likeness (QED) is 0.468. The highest BCUT2D eigenvalue weighted by molar-refractivity contribution is 8.00. The Morgan fingerprint density at radius 1 is 1.04 bits per heavy atom. The molecular weight excluding hydrogens is 386 g/mol. The number of amides is 1. The predicted octanol–water partition coefficient (Wildman–Crippen LogP) is 6.71. The number of hydrogen-bond donors (Lipinski definition) is 0. The van der Waals surface area contributed by atoms with Crippen molar-refractivity contribution in [2.45, 2.75) is 26.0 Å². The molecule has 4 heteroatoms. The van der Waals surface area contributed by atoms with Crippen LogP contribution in [-0.4, -0.2) is 18.2 Å². The van der Waals surface area contributed by atoms with Gasteiger partial charge in [-0.25, -0.2) is 0 Å². The second-order valence-electron chi connectivity index (χ2n) is 8.50. The number of fused-ring (bicyclic) bond motifs is 2. The topological polar surface area (TPSA) is 20.3 Å². The molecule has 1 heterocycles. The number of hydrogen-bond acceptors (Lipinski definition) is 2. The maximum Gasteiger partial charge on any atom is 0.237 e. The summed E-state index contributed by atoms with van der Waals surface area (Å²) in [6.07, 6.45) is 0. The van der Waals surface area contributed by atoms with Crippen LogP contribution >= 0.6 is 23.4 Å². The summed E-state index contributed by atoms with van der Waals surface area (Å²) in [5.41, 5.74) is 3.34. The summed E-state index contributed by atoms with van der Waals surface area (Å²) in [7, 11) is 0. The summed E-state index contributed by atoms with van der Waals surface area (Å²) in [4.78, 5) is 15.0. The lowest BCUT2D eigenvalue weighted by Gasteiger charge is -2.30. The lowest BCUT2D eigenvalue weighted by molar-refractivity contribution is -0.116. The van der Waals surface area contributed by atoms with E-state index in [1.54, 1.807) is 11.8 Å². The molecular formula is C24H24ClNOS. The SMILES string of the molecule is CC(C)(C)CN1C(=O)CS[C@H](c2cccc3ccccc23)c2cc(Cl)ccc21. The van der Waals surface area contributed by atoms with Crippen LogP contribution in [0.15, 0.2) is 60.7 Å². The molecule has 0 unspecified atom stereocenters. The van der Waals surface area contributed by atoms with Gasteiger partial charge < -0.3 is 4.90 Å². The molecule has 28 heavy (non-hydrogen) atoms. The van der Waals surface area contributed by atoms with Crippen molar-refractivity contribution in [2.75, 3.05) is 17.2 Å². The zero-order chi connectivity index (χ0) is 19.9. The van der Waals surface area contributed by atoms with Gasteiger partial charge in [0, 0.05) is 17.3 Å². The van der Waals surface area contributed by atoms with E-state index in [0.717, 1.165) is 11.3 Å². The van der Waals surface area contributed by atoms with E-state index < -0.39 is 0 Å². The van der Waals surface area contributed by atoms with E-state index in [1.807, 2.05) is 23.1 Å². The molecule has 0 aromatic heterocycles. The molecule has 3 aromatic rings. The van der Waals surface area contributed by atoms with Crippen molar-refractivity contribution in [1.82, 2.24) is 0 Å². The lowest BCUT2D eigenvalue weighted by Crippen LogP contribution is -2.38. The second-order valence-corrected chi connectivity index (χ2v) is 10.0. The van der Waals surface area contributed by atoms with E-state index >= 15 is 0 Å². The summed E-state index contributed by atoms with van der Waals surface area (Å²) in [5.74, 6) is 0.613. The van der Waals surface area contributed by atoms with Gasteiger partial charge in [0.15, 0.2) is 0 Å². The standard InChI is InChI=1S/C24H24ClNOS/c1-24(2,3)15-26-21-12-11-17(25)13-20(21)23(28-14-22(26)27)19-10-6-8-16-7-4-5-9-18(16)19/h4-13,23H,14-15H2,1-3H3/t23-/m1/s1. The maximum absolute atomic E-state index is 13.1. The summed E-state index contributed by atoms with van der Waals surface area (Å²) in [6.45, 7) is 7.17. The van der Waals surface area contributed by atoms with Crippen molar-refractivity contribution in [3.63, 3.8) is 0 Å². The molecule has 1 aliphatic rings. The van der Waals surface area contributed by atoms with E-state index in [0.29, 0.717) is 17.3 Å². The third-order valence-electron chi connectivity index (χ3n) is 4.98. The molecule has 0 N–H and O–H groups in total. The van der Waals surface area contributed by atoms with E-state index in [4.69, 9.17) is 11.6 Å². The van der Waals surface area contributed by atoms with Crippen LogP contribution in [0.3, 0.4) is 0 Å². The Bertz CT molecular complexity index is 1030. The van der Waals surface area contributed by atoms with Crippen molar-refractivity contribution in [3.05, 3.63) is 76.8 Å². The highest BCUT2D eigenvalue weighted by Gasteiger charge is 2.32. The van der Waals surface area contributed by atoms with Crippen molar-refractivity contribution in [3.8, 4) is 0 Å². The van der Waals surface area contributed by atoms with Crippen LogP contribution in [0.1, 0.15) is 37.1 Å². The second kappa shape index (κ2) is 7.46. The van der Waals surface area contributed by atoms with Crippen molar-refractivity contribution >= 4 is 45.7 Å². The zero-order valence-electron chi connectivity index (χ0n) is 16.4. The van der Waals surface area contributed by atoms with Gasteiger partial charge in [-0.2, -0.15) is 0 Å². The molecule has 3 aromatic carbocycles. The van der Waals surface area contributed by atoms with Gasteiger partial charge >= 0.3 is 0 Å². The Hall–Kier alpha value is -1.97. The Balaban J connectivity index is 1.90. The van der Waals surface area contributed by atoms with Crippen LogP contribution in [-0.2, 0) is 4.79 Å². The molecule has 0 aliphatic carbocycles. The Labute approximate surface area is 175 Å². The zero-order valence-corrected chi connectivity index (χ0v) is 18.0. The first-order valence-electron chi connectivity index (χ1n) is 9.52. The summed E-state index contributed by atoms with van der Waals surface area (Å²) in [5, 5.41) is 3.21. The summed E-state index contributed by atoms with van der Waals surface area (Å²) >= 11 is 8.10. The monoisotopic (exact) mass is 409 g/mol. The molecule has 0 spiro atoms. The first kappa shape index (κ1) is 19.4. The van der Waals surface area contributed by atoms with Gasteiger partial charge in [-0.3, -0.25) is 4.79 Å². The lowest BCUT2D eigenvalue weighted by atomic mass is 9.93. The fraction of sp³-hybridized carbons (Fsp3) is 0.292. The fourth-order valence-electron chi connectivity index (χ4n) is 3.82. The minimum Gasteiger partial charge on any atom is -0.311 e. The van der Waals surface area contributed by atoms with Gasteiger partial charge in [-0.15, -0.1) is 11.8 Å². The molecule has 0 saturated carbocycles. The molecule has 4 rings (SSSR count). The molecule has 144 valence electrons. The number of carbonyl (C=O) groups excluding carboxylic acids is 1. The van der Waals surface area contributed by atoms with Crippen LogP contribution in [0.2, 0.25) is 5.02 Å². The first-order valence-corrected chi connectivity index (χ1v) is 11.0. The van der Waals surface area contributed by atoms with Crippen molar-refractivity contribution < 1.29 is 4.79 Å². The highest BCUT2D eigenvalue weighted by Crippen LogP contribution is 2.46. The number of halogens is 1. The molecule has 0 fully saturated rings. The van der Waals surface area contributed by atoms with Gasteiger partial charge in [0.1, 0.15) is 0 Å². The van der Waals surface area contributed by atoms with E-state index in [2.05, 4.69) is 63.2 Å². The Morgan fingerprint density at radius 2 is 1.79 bits per heavy atom. The van der Waals surface area contributed by atoms with Crippen LogP contribution < -0.4 is 4.90 Å². The number of anilines is 1. The molecule has 0 bridgehead atoms. The van der Waals surface area contributed by atoms with Crippen molar-refractivity contribution in [1.29, 1.82) is 0 Å². The van der Waals surface area contributed by atoms with Crippen molar-refractivity contribution in [2.24, 2.45) is 5.41 Å². The number of nitrogens with zero attached hydrogens (tertiary/aromatic N) is 1. The average molecular weight is 410 g/mol. The molecule has 0 saturated heterocycles. The van der Waals surface area contributed by atoms with E-state index in [9.17, 15) is 4.79 Å². The van der Waals surface area contributed by atoms with Crippen LogP contribution in [0, 0.1) is 5.41 Å². The number of carbonyl (C=O) groups is 1. The molecule has 1 atom stereocenters. The minimum atomic E-state index is 0.0104. The average Bonchev–Trinajstić information content (AvgIpc) is 2.77. The maximum atomic E-state index is 13.1. The third kappa shape index (κ3) is 3.78. The smallest absolute Gasteiger partial charge is 0.237 e. The minimum absolute atomic E-state index is 0.0104. The molecule has 2 nitrogen and oxygen atoms in total. The van der Waals surface area contributed by atoms with Gasteiger partial charge in [-0.05, 0) is 45.5 Å². The fourth-order valence-corrected chi connectivity index (χ4v) is 5.22.